The van der Waals surface area contributed by atoms with E-state index in [4.69, 9.17) is 8.83 Å². The number of benzene rings is 22. The van der Waals surface area contributed by atoms with Gasteiger partial charge in [-0.1, -0.05) is 413 Å². The predicted molar refractivity (Wildman–Crippen MR) is 592 cm³/mol. The Labute approximate surface area is 827 Å². The lowest BCUT2D eigenvalue weighted by Crippen LogP contribution is -2.26. The lowest BCUT2D eigenvalue weighted by atomic mass is 9.70. The van der Waals surface area contributed by atoms with E-state index in [0.29, 0.717) is 0 Å². The number of para-hydroxylation sites is 2. The molecule has 2 heterocycles. The second-order valence-corrected chi connectivity index (χ2v) is 38.4. The van der Waals surface area contributed by atoms with Gasteiger partial charge in [-0.25, -0.2) is 0 Å². The smallest absolute Gasteiger partial charge is 0.135 e. The number of furan rings is 2. The van der Waals surface area contributed by atoms with Crippen molar-refractivity contribution in [3.05, 3.63) is 555 Å². The van der Waals surface area contributed by atoms with Crippen LogP contribution in [-0.4, -0.2) is 0 Å². The third-order valence-electron chi connectivity index (χ3n) is 30.6. The zero-order chi connectivity index (χ0) is 93.8. The Balaban J connectivity index is 0.000000143. The van der Waals surface area contributed by atoms with Crippen molar-refractivity contribution in [2.24, 2.45) is 0 Å². The SMILES string of the molecule is c1ccc(-c2ccc(-c3ccc(N(c4ccc(-c5ccc(-c6ccccc6)cc5)cc4)c4ccc5c(c4)C4(CCCC4)c4cc(-c6ccc7oc8ccccc8c7c6)ccc4-5)cc3)cc2)cc1.c1ccc(-c2ccc(-c3ccc(N(c4ccc(-c5ccc(-c6ccccc6)cc5)cc4)c4ccc5c(c4)C4(c6ccccc6-c6ccccc64)c4cc(-c6ccc7oc8ccccc8c7c6)ccc4-5)cc3)cc2)cc1. The van der Waals surface area contributed by atoms with E-state index in [1.165, 1.54) is 202 Å². The van der Waals surface area contributed by atoms with Gasteiger partial charge in [-0.05, 0) is 312 Å². The maximum atomic E-state index is 6.29. The lowest BCUT2D eigenvalue weighted by molar-refractivity contribution is 0.550. The van der Waals surface area contributed by atoms with E-state index in [-0.39, 0.29) is 5.41 Å². The van der Waals surface area contributed by atoms with Gasteiger partial charge in [-0.2, -0.15) is 0 Å². The number of anilines is 6. The van der Waals surface area contributed by atoms with Crippen LogP contribution in [-0.2, 0) is 10.8 Å². The summed E-state index contributed by atoms with van der Waals surface area (Å²) in [4.78, 5) is 4.89. The number of nitrogens with zero attached hydrogens (tertiary/aromatic N) is 2. The molecule has 0 saturated heterocycles. The zero-order valence-corrected chi connectivity index (χ0v) is 78.2. The quantitative estimate of drug-likeness (QED) is 0.0965. The van der Waals surface area contributed by atoms with Crippen molar-refractivity contribution in [2.45, 2.75) is 36.5 Å². The van der Waals surface area contributed by atoms with Crippen molar-refractivity contribution in [2.75, 3.05) is 9.80 Å². The number of hydrogen-bond donors (Lipinski definition) is 0. The molecule has 22 aromatic carbocycles. The van der Waals surface area contributed by atoms with Gasteiger partial charge in [0.15, 0.2) is 0 Å². The van der Waals surface area contributed by atoms with Gasteiger partial charge in [0.1, 0.15) is 22.3 Å². The molecular weight excluding hydrogens is 1720 g/mol. The van der Waals surface area contributed by atoms with E-state index < -0.39 is 5.41 Å². The van der Waals surface area contributed by atoms with Crippen molar-refractivity contribution in [1.82, 2.24) is 0 Å². The number of hydrogen-bond acceptors (Lipinski definition) is 4. The Morgan fingerprint density at radius 3 is 0.711 bits per heavy atom. The van der Waals surface area contributed by atoms with Gasteiger partial charge in [-0.3, -0.25) is 0 Å². The molecule has 668 valence electrons. The first-order valence-corrected chi connectivity index (χ1v) is 49.6. The van der Waals surface area contributed by atoms with Crippen LogP contribution in [0.3, 0.4) is 0 Å². The number of rotatable bonds is 16. The minimum atomic E-state index is -0.562. The van der Waals surface area contributed by atoms with E-state index in [1.807, 2.05) is 12.1 Å². The molecule has 1 fully saturated rings. The Kier molecular flexibility index (Phi) is 20.3. The Morgan fingerprint density at radius 1 is 0.148 bits per heavy atom. The lowest BCUT2D eigenvalue weighted by Gasteiger charge is -2.32. The molecule has 0 radical (unpaired) electrons. The maximum Gasteiger partial charge on any atom is 0.135 e. The van der Waals surface area contributed by atoms with E-state index in [0.717, 1.165) is 79.8 Å². The van der Waals surface area contributed by atoms with Crippen molar-refractivity contribution >= 4 is 78.0 Å². The Hall–Kier alpha value is -18.0. The first-order chi connectivity index (χ1) is 70.3. The molecule has 0 aliphatic heterocycles. The van der Waals surface area contributed by atoms with Crippen molar-refractivity contribution in [1.29, 1.82) is 0 Å². The third-order valence-corrected chi connectivity index (χ3v) is 30.6. The summed E-state index contributed by atoms with van der Waals surface area (Å²) >= 11 is 0. The molecule has 142 heavy (non-hydrogen) atoms. The fraction of sp³-hybridized carbons (Fsp3) is 0.0435. The molecule has 0 N–H and O–H groups in total. The summed E-state index contributed by atoms with van der Waals surface area (Å²) in [5.41, 5.74) is 49.9. The van der Waals surface area contributed by atoms with Gasteiger partial charge in [0, 0.05) is 61.1 Å². The van der Waals surface area contributed by atoms with E-state index in [2.05, 4.69) is 519 Å². The first kappa shape index (κ1) is 83.4. The fourth-order valence-corrected chi connectivity index (χ4v) is 23.6. The van der Waals surface area contributed by atoms with Crippen LogP contribution in [0.4, 0.5) is 34.1 Å². The van der Waals surface area contributed by atoms with E-state index >= 15 is 0 Å². The molecule has 0 amide bonds. The Bertz CT molecular complexity index is 8630. The molecule has 28 rings (SSSR count). The first-order valence-electron chi connectivity index (χ1n) is 49.6. The standard InChI is InChI=1S/C73H47NO.C65H47NO/c1-3-13-48(14-4-1)50-23-27-52(28-24-50)54-31-37-58(38-32-54)74(59-39-33-55(34-40-59)53-29-25-51(26-30-53)49-15-5-2-6-16-49)60-41-43-64-63-42-35-57(56-36-44-72-66(45-56)65-19-9-12-22-71(65)75-72)46-69(63)73(70(64)47-60)67-20-10-7-17-61(67)62-18-8-11-21-68(62)73;1-3-11-44(12-4-1)46-17-21-48(22-18-46)50-25-31-54(32-26-50)66(55-33-27-51(28-34-55)49-23-19-47(20-24-49)45-13-5-2-6-14-45)56-35-37-58-57-36-29-53(42-61(57)65(62(58)43-56)39-9-10-40-65)52-30-38-64-60(41-52)59-15-7-8-16-63(59)67-64/h1-47H;1-8,11-38,41-43H,9-10,39-40H2. The molecule has 0 atom stereocenters. The monoisotopic (exact) mass is 1810 g/mol. The Morgan fingerprint density at radius 2 is 0.366 bits per heavy atom. The van der Waals surface area contributed by atoms with Gasteiger partial charge in [0.2, 0.25) is 0 Å². The minimum absolute atomic E-state index is 0.0274. The van der Waals surface area contributed by atoms with Crippen molar-refractivity contribution < 1.29 is 8.83 Å². The highest BCUT2D eigenvalue weighted by Crippen LogP contribution is 2.65. The van der Waals surface area contributed by atoms with Crippen LogP contribution in [0.15, 0.2) is 531 Å². The minimum Gasteiger partial charge on any atom is -0.456 e. The topological polar surface area (TPSA) is 32.8 Å². The van der Waals surface area contributed by atoms with Crippen molar-refractivity contribution in [3.8, 4) is 145 Å². The predicted octanol–water partition coefficient (Wildman–Crippen LogP) is 38.0. The molecule has 2 aromatic heterocycles. The molecule has 0 unspecified atom stereocenters. The zero-order valence-electron chi connectivity index (χ0n) is 78.2. The largest absolute Gasteiger partial charge is 0.456 e. The second kappa shape index (κ2) is 34.6. The summed E-state index contributed by atoms with van der Waals surface area (Å²) in [6.45, 7) is 0. The normalized spacial score (nSPS) is 13.1. The third kappa shape index (κ3) is 14.3. The molecule has 4 aliphatic carbocycles. The summed E-state index contributed by atoms with van der Waals surface area (Å²) in [5.74, 6) is 0. The van der Waals surface area contributed by atoms with Gasteiger partial charge in [0.05, 0.1) is 5.41 Å². The molecule has 24 aromatic rings. The van der Waals surface area contributed by atoms with Gasteiger partial charge >= 0.3 is 0 Å². The molecule has 4 aliphatic rings. The van der Waals surface area contributed by atoms with Gasteiger partial charge in [-0.15, -0.1) is 0 Å². The summed E-state index contributed by atoms with van der Waals surface area (Å²) in [7, 11) is 0. The van der Waals surface area contributed by atoms with Crippen LogP contribution in [0.5, 0.6) is 0 Å². The second-order valence-electron chi connectivity index (χ2n) is 38.4. The highest BCUT2D eigenvalue weighted by atomic mass is 16.3. The summed E-state index contributed by atoms with van der Waals surface area (Å²) < 4.78 is 12.5. The molecule has 4 heteroatoms. The van der Waals surface area contributed by atoms with E-state index in [1.54, 1.807) is 0 Å². The highest BCUT2D eigenvalue weighted by Gasteiger charge is 2.52. The van der Waals surface area contributed by atoms with E-state index in [9.17, 15) is 0 Å². The van der Waals surface area contributed by atoms with Crippen LogP contribution < -0.4 is 9.80 Å². The van der Waals surface area contributed by atoms with Crippen LogP contribution in [0.2, 0.25) is 0 Å². The average molecular weight is 1810 g/mol. The summed E-state index contributed by atoms with van der Waals surface area (Å²) in [6.07, 6.45) is 4.76. The van der Waals surface area contributed by atoms with Crippen LogP contribution in [0.1, 0.15) is 59.1 Å². The molecular formula is C138H94N2O2. The maximum absolute atomic E-state index is 6.29. The molecule has 0 bridgehead atoms. The average Bonchev–Trinajstić information content (AvgIpc) is 1.50. The summed E-state index contributed by atoms with van der Waals surface area (Å²) in [6, 6.07) is 192. The van der Waals surface area contributed by atoms with Crippen molar-refractivity contribution in [3.63, 3.8) is 0 Å². The highest BCUT2D eigenvalue weighted by molar-refractivity contribution is 6.08. The van der Waals surface area contributed by atoms with Crippen LogP contribution in [0, 0.1) is 0 Å². The molecule has 4 nitrogen and oxygen atoms in total. The fourth-order valence-electron chi connectivity index (χ4n) is 23.6. The van der Waals surface area contributed by atoms with Gasteiger partial charge in [0.25, 0.3) is 0 Å². The summed E-state index contributed by atoms with van der Waals surface area (Å²) in [5, 5.41) is 4.59. The molecule has 2 spiro atoms. The van der Waals surface area contributed by atoms with Crippen LogP contribution in [0.25, 0.3) is 189 Å². The van der Waals surface area contributed by atoms with Gasteiger partial charge < -0.3 is 18.6 Å². The van der Waals surface area contributed by atoms with Crippen LogP contribution >= 0.6 is 0 Å². The molecule has 1 saturated carbocycles. The number of fused-ring (bicyclic) bond motifs is 21.